The highest BCUT2D eigenvalue weighted by Gasteiger charge is 2.37. The molecule has 7 aromatic carbocycles. The lowest BCUT2D eigenvalue weighted by molar-refractivity contribution is 0.0789. The normalized spacial score (nSPS) is 14.5. The van der Waals surface area contributed by atoms with Gasteiger partial charge in [0.05, 0.1) is 86.5 Å². The first-order valence-electron chi connectivity index (χ1n) is 31.5. The van der Waals surface area contributed by atoms with Crippen molar-refractivity contribution in [3.8, 4) is 22.9 Å². The summed E-state index contributed by atoms with van der Waals surface area (Å²) in [5.74, 6) is 2.28. The summed E-state index contributed by atoms with van der Waals surface area (Å²) in [7, 11) is 0. The minimum absolute atomic E-state index is 0.298. The van der Waals surface area contributed by atoms with Gasteiger partial charge < -0.3 is 76.6 Å². The van der Waals surface area contributed by atoms with Gasteiger partial charge in [0.2, 0.25) is 11.8 Å². The van der Waals surface area contributed by atoms with Gasteiger partial charge in [0.25, 0.3) is 0 Å². The zero-order valence-corrected chi connectivity index (χ0v) is 59.1. The number of rotatable bonds is 10. The van der Waals surface area contributed by atoms with E-state index in [1.165, 1.54) is 0 Å². The fourth-order valence-electron chi connectivity index (χ4n) is 11.9. The fraction of sp³-hybridized carbons (Fsp3) is 0.347. The minimum atomic E-state index is -1.16. The van der Waals surface area contributed by atoms with E-state index < -0.39 is 28.0 Å². The van der Waals surface area contributed by atoms with Crippen molar-refractivity contribution in [2.45, 2.75) is 160 Å². The molecule has 25 heteroatoms. The predicted molar refractivity (Wildman–Crippen MR) is 385 cm³/mol. The molecule has 3 fully saturated rings. The summed E-state index contributed by atoms with van der Waals surface area (Å²) in [4.78, 5) is 8.86. The molecule has 3 aliphatic rings. The van der Waals surface area contributed by atoms with E-state index in [0.717, 1.165) is 88.5 Å². The van der Waals surface area contributed by atoms with Gasteiger partial charge in [-0.25, -0.2) is 9.97 Å². The molecule has 3 aliphatic carbocycles. The van der Waals surface area contributed by atoms with Gasteiger partial charge >= 0.3 is 0 Å². The van der Waals surface area contributed by atoms with Crippen molar-refractivity contribution in [3.63, 3.8) is 0 Å². The van der Waals surface area contributed by atoms with E-state index in [2.05, 4.69) is 25.4 Å². The number of oxazole rings is 2. The van der Waals surface area contributed by atoms with Crippen molar-refractivity contribution in [1.29, 1.82) is 0 Å². The first-order valence-corrected chi connectivity index (χ1v) is 33.4. The number of hydrogen-bond donors (Lipinski definition) is 10. The van der Waals surface area contributed by atoms with Crippen LogP contribution in [-0.2, 0) is 28.0 Å². The first-order chi connectivity index (χ1) is 45.3. The molecule has 5 heterocycles. The lowest BCUT2D eigenvalue weighted by Gasteiger charge is -2.21. The van der Waals surface area contributed by atoms with Gasteiger partial charge in [0.1, 0.15) is 11.0 Å². The number of nitrogens with two attached hydrogens (primary N) is 5. The highest BCUT2D eigenvalue weighted by atomic mass is 35.5. The Morgan fingerprint density at radius 2 is 0.773 bits per heavy atom. The molecule has 510 valence electrons. The molecule has 5 aromatic heterocycles. The number of fused-ring (bicyclic) bond motifs is 5. The second kappa shape index (κ2) is 26.1. The molecule has 20 nitrogen and oxygen atoms in total. The lowest BCUT2D eigenvalue weighted by atomic mass is 9.94. The number of aryl methyl sites for hydroxylation is 1. The maximum Gasteiger partial charge on any atom is 0.227 e. The average molecular weight is 1420 g/mol. The molecule has 0 atom stereocenters. The Morgan fingerprint density at radius 1 is 0.402 bits per heavy atom. The number of nitrogens with zero attached hydrogens (tertiary/aromatic N) is 5. The zero-order valence-electron chi connectivity index (χ0n) is 55.3. The summed E-state index contributed by atoms with van der Waals surface area (Å²) in [5, 5.41) is 67.6. The molecule has 0 amide bonds. The third-order valence-corrected chi connectivity index (χ3v) is 18.6. The van der Waals surface area contributed by atoms with Crippen LogP contribution in [0.25, 0.3) is 78.0 Å². The Balaban J connectivity index is 0.000000123. The van der Waals surface area contributed by atoms with Crippen LogP contribution in [0.15, 0.2) is 107 Å². The number of anilines is 5. The number of halogens is 5. The van der Waals surface area contributed by atoms with Crippen LogP contribution < -0.4 is 28.7 Å². The summed E-state index contributed by atoms with van der Waals surface area (Å²) in [6.07, 6.45) is 6.71. The molecule has 12 aromatic rings. The predicted octanol–water partition coefficient (Wildman–Crippen LogP) is 17.7. The molecule has 0 radical (unpaired) electrons. The molecule has 0 spiro atoms. The maximum absolute atomic E-state index is 10.2. The van der Waals surface area contributed by atoms with Gasteiger partial charge in [0, 0.05) is 91.0 Å². The van der Waals surface area contributed by atoms with Crippen molar-refractivity contribution in [2.75, 3.05) is 28.7 Å². The zero-order chi connectivity index (χ0) is 70.5. The van der Waals surface area contributed by atoms with Crippen LogP contribution in [0.2, 0.25) is 25.1 Å². The van der Waals surface area contributed by atoms with Crippen LogP contribution in [0.1, 0.15) is 176 Å². The third-order valence-electron chi connectivity index (χ3n) is 16.9. The summed E-state index contributed by atoms with van der Waals surface area (Å²) in [5.41, 5.74) is 38.1. The van der Waals surface area contributed by atoms with Crippen molar-refractivity contribution >= 4 is 142 Å². The van der Waals surface area contributed by atoms with Gasteiger partial charge in [-0.1, -0.05) is 109 Å². The van der Waals surface area contributed by atoms with Crippen molar-refractivity contribution in [1.82, 2.24) is 25.4 Å². The van der Waals surface area contributed by atoms with E-state index >= 15 is 0 Å². The van der Waals surface area contributed by atoms with Gasteiger partial charge in [-0.3, -0.25) is 0 Å². The van der Waals surface area contributed by atoms with Crippen LogP contribution in [-0.4, -0.2) is 51.0 Å². The molecule has 3 saturated carbocycles. The monoisotopic (exact) mass is 1420 g/mol. The van der Waals surface area contributed by atoms with Crippen molar-refractivity contribution < 1.29 is 47.9 Å². The Morgan fingerprint density at radius 3 is 1.24 bits per heavy atom. The summed E-state index contributed by atoms with van der Waals surface area (Å²) >= 11 is 31.7. The molecular formula is C72H77Cl5N10O10. The number of aliphatic hydroxyl groups is 5. The molecule has 15 rings (SSSR count). The second-order valence-corrected chi connectivity index (χ2v) is 29.6. The van der Waals surface area contributed by atoms with Crippen LogP contribution in [0.4, 0.5) is 28.4 Å². The number of hydrogen-bond acceptors (Lipinski definition) is 20. The molecule has 0 aliphatic heterocycles. The molecule has 0 unspecified atom stereocenters. The maximum atomic E-state index is 10.2. The van der Waals surface area contributed by atoms with Crippen LogP contribution in [0.5, 0.6) is 0 Å². The average Bonchev–Trinajstić information content (AvgIpc) is 1.69. The van der Waals surface area contributed by atoms with Crippen LogP contribution in [0, 0.1) is 6.92 Å². The van der Waals surface area contributed by atoms with Gasteiger partial charge in [-0.15, -0.1) is 0 Å². The summed E-state index contributed by atoms with van der Waals surface area (Å²) in [6.45, 7) is 18.5. The largest absolute Gasteiger partial charge is 0.434 e. The first kappa shape index (κ1) is 70.5. The van der Waals surface area contributed by atoms with Crippen LogP contribution >= 0.6 is 58.0 Å². The van der Waals surface area contributed by atoms with Crippen LogP contribution in [0.3, 0.4) is 0 Å². The Kier molecular flexibility index (Phi) is 19.0. The number of benzene rings is 7. The van der Waals surface area contributed by atoms with E-state index in [9.17, 15) is 25.5 Å². The number of aromatic nitrogens is 5. The van der Waals surface area contributed by atoms with E-state index in [1.54, 1.807) is 99.6 Å². The topological polar surface area (TPSA) is 361 Å². The smallest absolute Gasteiger partial charge is 0.227 e. The third kappa shape index (κ3) is 14.5. The second-order valence-electron chi connectivity index (χ2n) is 27.7. The molecular weight excluding hydrogens is 1340 g/mol. The van der Waals surface area contributed by atoms with Gasteiger partial charge in [-0.2, -0.15) is 0 Å². The summed E-state index contributed by atoms with van der Waals surface area (Å²) < 4.78 is 27.6. The quantitative estimate of drug-likeness (QED) is 0.0569. The van der Waals surface area contributed by atoms with Crippen molar-refractivity contribution in [3.05, 3.63) is 161 Å². The van der Waals surface area contributed by atoms with E-state index in [4.69, 9.17) is 109 Å². The molecule has 15 N–H and O–H groups in total. The van der Waals surface area contributed by atoms with E-state index in [0.29, 0.717) is 150 Å². The van der Waals surface area contributed by atoms with E-state index in [-0.39, 0.29) is 0 Å². The lowest BCUT2D eigenvalue weighted by Crippen LogP contribution is -2.18. The van der Waals surface area contributed by atoms with Gasteiger partial charge in [-0.05, 0) is 163 Å². The van der Waals surface area contributed by atoms with Crippen molar-refractivity contribution in [2.24, 2.45) is 0 Å². The SMILES string of the molecule is CC(C)(O)c1c(N)cc(Cl)c2c(C3CC3)noc12.CC(C)(O)c1c(N)cc2c(C3CC3)noc2c1Cl.CC(C)(O)c1c(N)cc2nc(-c3ccccc3)oc2c1Cl.CC(C)(O)c1c(N)cc2onc(C3CC3)c2c1Cl.Cc1ccc(-c2nc3cc(N)c(C(C)(C)O)c(Cl)c3o2)cc1. The van der Waals surface area contributed by atoms with Gasteiger partial charge in [0.15, 0.2) is 27.9 Å². The molecule has 0 saturated heterocycles. The minimum Gasteiger partial charge on any atom is -0.434 e. The highest BCUT2D eigenvalue weighted by Crippen LogP contribution is 2.51. The molecule has 97 heavy (non-hydrogen) atoms. The highest BCUT2D eigenvalue weighted by molar-refractivity contribution is 6.38. The number of nitrogen functional groups attached to an aromatic ring is 5. The standard InChI is InChI=1S/C17H17ClN2O2.C16H15ClN2O2.3C13H15ClN2O2/c1-9-4-6-10(7-5-9)16-20-12-8-11(19)13(17(2,3)21)14(18)15(12)22-16;1-16(2,20)12-10(18)8-11-14(13(12)17)21-15(19-11)9-6-4-3-5-7-9;1-13(2,17)9-8(15)5-7-11(6-3-4-6)16-18-12(7)10(9)14;1-13(2,17)10-7(15)5-8-9(11(10)14)12(16-18-8)6-3-4-6;1-13(2,17)10-8(15)5-7(14)9-11(6-3-4-6)16-18-12(9)10/h4-8,21H,19H2,1-3H3;3-8,20H,18H2,1-2H3;3*5-6,17H,3-4,15H2,1-2H3. The van der Waals surface area contributed by atoms with E-state index in [1.807, 2.05) is 61.5 Å². The summed E-state index contributed by atoms with van der Waals surface area (Å²) in [6, 6.07) is 25.9. The Hall–Kier alpha value is -7.86. The Bertz CT molecular complexity index is 4940. The Labute approximate surface area is 583 Å². The molecule has 0 bridgehead atoms. The fourth-order valence-corrected chi connectivity index (χ4v) is 14.2.